The highest BCUT2D eigenvalue weighted by Crippen LogP contribution is 2.37. The summed E-state index contributed by atoms with van der Waals surface area (Å²) in [5, 5.41) is 18.1. The molecule has 3 heterocycles. The molecule has 3 N–H and O–H groups in total. The molecule has 1 saturated carbocycles. The number of aryl methyl sites for hydroxylation is 1. The minimum absolute atomic E-state index is 0.00733. The smallest absolute Gasteiger partial charge is 0.343 e. The Morgan fingerprint density at radius 1 is 0.680 bits per heavy atom. The number of rotatable bonds is 11. The van der Waals surface area contributed by atoms with E-state index in [-0.39, 0.29) is 75.0 Å². The number of hydrogen-bond acceptors (Lipinski definition) is 13. The van der Waals surface area contributed by atoms with Gasteiger partial charge in [0.1, 0.15) is 47.8 Å². The van der Waals surface area contributed by atoms with Crippen LogP contribution in [0.25, 0.3) is 0 Å². The summed E-state index contributed by atoms with van der Waals surface area (Å²) in [7, 11) is 9.46. The molecule has 6 rings (SSSR count). The molecule has 2 aromatic rings. The summed E-state index contributed by atoms with van der Waals surface area (Å²) in [4.78, 5) is 189. The van der Waals surface area contributed by atoms with Gasteiger partial charge in [0.2, 0.25) is 70.9 Å². The molecule has 0 aromatic heterocycles. The molecule has 2 aromatic carbocycles. The summed E-state index contributed by atoms with van der Waals surface area (Å²) in [5.41, 5.74) is -1.93. The number of amides is 12. The van der Waals surface area contributed by atoms with Gasteiger partial charge in [0.25, 0.3) is 0 Å². The number of likely N-dealkylation sites (tertiary alicyclic amines) is 1. The predicted octanol–water partition coefficient (Wildman–Crippen LogP) is 4.64. The largest absolute Gasteiger partial charge is 0.417 e. The van der Waals surface area contributed by atoms with Gasteiger partial charge in [-0.15, -0.1) is 0 Å². The number of halogens is 4. The molecule has 3 saturated heterocycles. The molecule has 12 amide bonds. The molecule has 4 aliphatic rings. The third kappa shape index (κ3) is 19.8. The second-order valence-electron chi connectivity index (χ2n) is 28.3. The van der Waals surface area contributed by atoms with Crippen LogP contribution in [0.15, 0.2) is 42.5 Å². The average molecular weight is 1420 g/mol. The third-order valence-corrected chi connectivity index (χ3v) is 20.5. The van der Waals surface area contributed by atoms with Crippen LogP contribution >= 0.6 is 11.6 Å². The Morgan fingerprint density at radius 2 is 1.30 bits per heavy atom. The highest BCUT2D eigenvalue weighted by Gasteiger charge is 2.51. The van der Waals surface area contributed by atoms with E-state index in [1.165, 1.54) is 81.1 Å². The lowest BCUT2D eigenvalue weighted by atomic mass is 9.91. The molecule has 3 aliphatic heterocycles. The zero-order chi connectivity index (χ0) is 74.4. The standard InChI is InChI=1S/C71H101ClF3N13O12/c1-14-45(6)60-67(98)82(9)41-58(91)80(7)42-59(92)84(11)54(37-47-23-16-17-24-48(47)39-76)65(96)81(8)40-56(89)77-51(29-27-46-26-28-49(50(72)36-46)71(73,74)75)64(95)88-34-22-25-52(88)63(94)79-70(30-18-19-31-70)69(100)86(13)61(44(4)5)68(99)85(12)55(66(97)87-32-20-15-21-33-87)38-57(90)83(10)53(35-43(2)3)62(93)78-60/h16-17,23-24,26,28,36,43-45,51-55,60-61H,14-15,18-22,25,27,29-35,37-38,40-42H2,1-13H3,(H,77,89)(H,78,93)(H,79,94)/t45-,51-,52?,53-,54-,55-,60-,61-/m0/s1. The first kappa shape index (κ1) is 80.6. The Hall–Kier alpha value is -8.35. The van der Waals surface area contributed by atoms with Crippen LogP contribution in [0, 0.1) is 29.1 Å². The van der Waals surface area contributed by atoms with E-state index in [0.717, 1.165) is 38.2 Å². The normalized spacial score (nSPS) is 24.6. The molecule has 1 aliphatic carbocycles. The first-order valence-corrected chi connectivity index (χ1v) is 35.0. The lowest BCUT2D eigenvalue weighted by Crippen LogP contribution is -2.65. The van der Waals surface area contributed by atoms with Crippen molar-refractivity contribution in [3.8, 4) is 6.07 Å². The molecule has 1 unspecified atom stereocenters. The van der Waals surface area contributed by atoms with E-state index in [9.17, 15) is 56.8 Å². The fourth-order valence-electron chi connectivity index (χ4n) is 13.9. The molecule has 4 fully saturated rings. The first-order valence-electron chi connectivity index (χ1n) is 34.6. The van der Waals surface area contributed by atoms with E-state index < -0.39 is 173 Å². The summed E-state index contributed by atoms with van der Waals surface area (Å²) in [6.07, 6.45) is -1.74. The molecule has 550 valence electrons. The Bertz CT molecular complexity index is 3390. The topological polar surface area (TPSA) is 294 Å². The van der Waals surface area contributed by atoms with Crippen LogP contribution in [0.1, 0.15) is 147 Å². The number of nitrogens with zero attached hydrogens (tertiary/aromatic N) is 10. The maximum atomic E-state index is 15.4. The summed E-state index contributed by atoms with van der Waals surface area (Å²) >= 11 is 6.13. The molecule has 8 atom stereocenters. The Kier molecular flexibility index (Phi) is 28.5. The predicted molar refractivity (Wildman–Crippen MR) is 366 cm³/mol. The van der Waals surface area contributed by atoms with Crippen LogP contribution in [0.3, 0.4) is 0 Å². The van der Waals surface area contributed by atoms with Gasteiger partial charge in [-0.25, -0.2) is 0 Å². The molecule has 1 spiro atoms. The minimum atomic E-state index is -4.78. The second kappa shape index (κ2) is 35.3. The Morgan fingerprint density at radius 3 is 1.90 bits per heavy atom. The van der Waals surface area contributed by atoms with Crippen molar-refractivity contribution in [2.75, 3.05) is 88.6 Å². The summed E-state index contributed by atoms with van der Waals surface area (Å²) in [5.74, 6) is -9.97. The average Bonchev–Trinajstić information content (AvgIpc) is 1.49. The van der Waals surface area contributed by atoms with Crippen LogP contribution in [0.4, 0.5) is 13.2 Å². The maximum absolute atomic E-state index is 15.4. The number of nitriles is 1. The van der Waals surface area contributed by atoms with Crippen molar-refractivity contribution in [3.05, 3.63) is 69.7 Å². The lowest BCUT2D eigenvalue weighted by molar-refractivity contribution is -0.156. The van der Waals surface area contributed by atoms with Crippen molar-refractivity contribution in [1.29, 1.82) is 5.26 Å². The summed E-state index contributed by atoms with van der Waals surface area (Å²) in [6, 6.07) is 2.13. The number of benzene rings is 2. The van der Waals surface area contributed by atoms with Crippen molar-refractivity contribution in [1.82, 2.24) is 60.0 Å². The van der Waals surface area contributed by atoms with Crippen LogP contribution in [0.2, 0.25) is 5.02 Å². The number of hydrogen-bond donors (Lipinski definition) is 3. The molecule has 100 heavy (non-hydrogen) atoms. The van der Waals surface area contributed by atoms with Gasteiger partial charge >= 0.3 is 6.18 Å². The van der Waals surface area contributed by atoms with Crippen molar-refractivity contribution in [3.63, 3.8) is 0 Å². The number of piperidine rings is 1. The summed E-state index contributed by atoms with van der Waals surface area (Å²) < 4.78 is 41.6. The van der Waals surface area contributed by atoms with Gasteiger partial charge in [0.15, 0.2) is 0 Å². The van der Waals surface area contributed by atoms with Gasteiger partial charge in [-0.3, -0.25) is 57.5 Å². The van der Waals surface area contributed by atoms with Crippen molar-refractivity contribution < 1.29 is 70.7 Å². The molecule has 25 nitrogen and oxygen atoms in total. The molecular formula is C71H101ClF3N13O12. The van der Waals surface area contributed by atoms with E-state index in [1.807, 2.05) is 13.8 Å². The van der Waals surface area contributed by atoms with Crippen LogP contribution in [-0.4, -0.2) is 251 Å². The highest BCUT2D eigenvalue weighted by molar-refractivity contribution is 6.31. The maximum Gasteiger partial charge on any atom is 0.417 e. The highest BCUT2D eigenvalue weighted by atomic mass is 35.5. The fourth-order valence-corrected chi connectivity index (χ4v) is 14.2. The van der Waals surface area contributed by atoms with Gasteiger partial charge in [0.05, 0.1) is 48.3 Å². The van der Waals surface area contributed by atoms with Crippen LogP contribution in [-0.2, 0) is 76.6 Å². The van der Waals surface area contributed by atoms with E-state index in [1.54, 1.807) is 50.8 Å². The zero-order valence-electron chi connectivity index (χ0n) is 60.0. The zero-order valence-corrected chi connectivity index (χ0v) is 60.8. The van der Waals surface area contributed by atoms with Crippen molar-refractivity contribution in [2.24, 2.45) is 17.8 Å². The number of fused-ring (bicyclic) bond motifs is 1. The van der Waals surface area contributed by atoms with Crippen molar-refractivity contribution in [2.45, 2.75) is 192 Å². The number of alkyl halides is 3. The van der Waals surface area contributed by atoms with Gasteiger partial charge < -0.3 is 60.0 Å². The number of carbonyl (C=O) groups excluding carboxylic acids is 12. The fraction of sp³-hybridized carbons (Fsp3) is 0.648. The quantitative estimate of drug-likeness (QED) is 0.277. The third-order valence-electron chi connectivity index (χ3n) is 20.2. The van der Waals surface area contributed by atoms with E-state index in [4.69, 9.17) is 11.6 Å². The lowest BCUT2D eigenvalue weighted by Gasteiger charge is -2.42. The van der Waals surface area contributed by atoms with E-state index >= 15 is 19.2 Å². The number of nitrogens with one attached hydrogen (secondary N) is 3. The molecule has 29 heteroatoms. The van der Waals surface area contributed by atoms with Gasteiger partial charge in [0, 0.05) is 75.4 Å². The van der Waals surface area contributed by atoms with Crippen LogP contribution in [0.5, 0.6) is 0 Å². The number of likely N-dealkylation sites (N-methyl/N-ethyl adjacent to an activating group) is 7. The second-order valence-corrected chi connectivity index (χ2v) is 28.7. The minimum Gasteiger partial charge on any atom is -0.343 e. The van der Waals surface area contributed by atoms with E-state index in [2.05, 4.69) is 22.0 Å². The van der Waals surface area contributed by atoms with Crippen LogP contribution < -0.4 is 16.0 Å². The number of carbonyl (C=O) groups is 12. The summed E-state index contributed by atoms with van der Waals surface area (Å²) in [6.45, 7) is 9.37. The van der Waals surface area contributed by atoms with Gasteiger partial charge in [-0.05, 0) is 111 Å². The Labute approximate surface area is 590 Å². The van der Waals surface area contributed by atoms with Gasteiger partial charge in [-0.2, -0.15) is 18.4 Å². The monoisotopic (exact) mass is 1420 g/mol. The SMILES string of the molecule is CC[C@H](C)[C@@H]1NC(=O)[C@H](CC(C)C)N(C)C(=O)C[C@@H](C(=O)N2CCCCC2)N(C)C(=O)[C@H](C(C)C)N(C)C(=O)C2(CCCC2)NC(=O)C2CCCN2C(=O)[C@H](CCc2ccc(C(F)(F)F)c(Cl)c2)NC(=O)CN(C)C(=O)[C@H](Cc2ccccc2C#N)N(C)C(=O)CN(C)C(=O)CN(C)C1=O. The first-order chi connectivity index (χ1) is 47.0. The van der Waals surface area contributed by atoms with Crippen molar-refractivity contribution >= 4 is 82.5 Å². The van der Waals surface area contributed by atoms with Gasteiger partial charge in [-0.1, -0.05) is 96.7 Å². The van der Waals surface area contributed by atoms with E-state index in [0.29, 0.717) is 50.8 Å². The Balaban J connectivity index is 1.44. The molecule has 0 radical (unpaired) electrons. The molecule has 0 bridgehead atoms. The molecular weight excluding hydrogens is 1320 g/mol.